The maximum absolute atomic E-state index is 13.7. The van der Waals surface area contributed by atoms with Crippen LogP contribution in [0.15, 0.2) is 146 Å². The average Bonchev–Trinajstić information content (AvgIpc) is 0.866. The number of ether oxygens (including phenoxy) is 7. The normalized spacial score (nSPS) is 16.0. The van der Waals surface area contributed by atoms with Crippen LogP contribution in [0.2, 0.25) is 0 Å². The molecular formula is C75H88N6O11. The first-order valence-corrected chi connectivity index (χ1v) is 32.8. The first-order valence-electron chi connectivity index (χ1n) is 32.8. The number of amides is 3. The summed E-state index contributed by atoms with van der Waals surface area (Å²) in [6.07, 6.45) is 18.1. The van der Waals surface area contributed by atoms with Gasteiger partial charge in [0.05, 0.1) is 94.0 Å². The number of nitrogen functional groups attached to an aromatic ring is 1. The Hall–Kier alpha value is -8.48. The van der Waals surface area contributed by atoms with Crippen molar-refractivity contribution >= 4 is 35.1 Å². The second kappa shape index (κ2) is 33.2. The number of pyridine rings is 2. The largest absolute Gasteiger partial charge is 0.490 e. The predicted octanol–water partition coefficient (Wildman–Crippen LogP) is 13.5. The minimum absolute atomic E-state index is 0.0401. The Balaban J connectivity index is 0.000000248. The lowest BCUT2D eigenvalue weighted by molar-refractivity contribution is -0.156. The summed E-state index contributed by atoms with van der Waals surface area (Å²) in [7, 11) is 0. The molecule has 17 nitrogen and oxygen atoms in total. The molecular weight excluding hydrogens is 1160 g/mol. The highest BCUT2D eigenvalue weighted by atomic mass is 16.6. The van der Waals surface area contributed by atoms with E-state index in [2.05, 4.69) is 56.3 Å². The van der Waals surface area contributed by atoms with Gasteiger partial charge >= 0.3 is 5.97 Å². The fourth-order valence-electron chi connectivity index (χ4n) is 11.6. The van der Waals surface area contributed by atoms with E-state index in [1.807, 2.05) is 99.6 Å². The molecule has 2 saturated carbocycles. The molecule has 484 valence electrons. The molecule has 0 radical (unpaired) electrons. The fraction of sp³-hybridized carbons (Fsp3) is 0.413. The quantitative estimate of drug-likeness (QED) is 0.0204. The fourth-order valence-corrected chi connectivity index (χ4v) is 11.6. The Morgan fingerprint density at radius 2 is 1.02 bits per heavy atom. The summed E-state index contributed by atoms with van der Waals surface area (Å²) in [6, 6.07) is 42.6. The van der Waals surface area contributed by atoms with Gasteiger partial charge in [-0.3, -0.25) is 29.1 Å². The third-order valence-corrected chi connectivity index (χ3v) is 16.8. The maximum Gasteiger partial charge on any atom is 0.308 e. The Kier molecular flexibility index (Phi) is 24.0. The number of carbonyl (C=O) groups excluding carboxylic acids is 4. The van der Waals surface area contributed by atoms with Crippen LogP contribution in [0.3, 0.4) is 0 Å². The molecule has 92 heavy (non-hydrogen) atoms. The Labute approximate surface area is 540 Å². The van der Waals surface area contributed by atoms with Crippen molar-refractivity contribution in [3.8, 4) is 34.0 Å². The first kappa shape index (κ1) is 66.4. The van der Waals surface area contributed by atoms with Crippen LogP contribution < -0.4 is 31.2 Å². The van der Waals surface area contributed by atoms with Gasteiger partial charge in [-0.05, 0) is 211 Å². The molecule has 2 unspecified atom stereocenters. The molecule has 2 fully saturated rings. The third kappa shape index (κ3) is 19.5. The zero-order valence-electron chi connectivity index (χ0n) is 53.4. The van der Waals surface area contributed by atoms with Crippen molar-refractivity contribution in [2.45, 2.75) is 147 Å². The molecule has 2 heterocycles. The number of nitrogens with two attached hydrogens (primary N) is 1. The van der Waals surface area contributed by atoms with Gasteiger partial charge in [0.1, 0.15) is 17.1 Å². The van der Waals surface area contributed by atoms with Gasteiger partial charge < -0.3 is 54.8 Å². The molecule has 4 aliphatic rings. The van der Waals surface area contributed by atoms with Crippen molar-refractivity contribution < 1.29 is 52.3 Å². The molecule has 17 heteroatoms. The minimum Gasteiger partial charge on any atom is -0.490 e. The van der Waals surface area contributed by atoms with E-state index < -0.39 is 5.60 Å². The van der Waals surface area contributed by atoms with E-state index in [9.17, 15) is 19.2 Å². The Morgan fingerprint density at radius 1 is 0.511 bits per heavy atom. The summed E-state index contributed by atoms with van der Waals surface area (Å²) in [5.74, 6) is 0.718. The lowest BCUT2D eigenvalue weighted by atomic mass is 9.87. The number of nitrogens with one attached hydrogen (secondary N) is 3. The number of hydrogen-bond donors (Lipinski definition) is 4. The molecule has 5 N–H and O–H groups in total. The molecule has 0 spiro atoms. The summed E-state index contributed by atoms with van der Waals surface area (Å²) in [5, 5.41) is 9.58. The maximum atomic E-state index is 13.7. The Morgan fingerprint density at radius 3 is 1.58 bits per heavy atom. The van der Waals surface area contributed by atoms with Crippen molar-refractivity contribution in [3.63, 3.8) is 0 Å². The topological polar surface area (TPSA) is 221 Å². The number of nitrogens with zero attached hydrogens (tertiary/aromatic N) is 2. The van der Waals surface area contributed by atoms with Crippen molar-refractivity contribution in [2.24, 2.45) is 0 Å². The molecule has 2 atom stereocenters. The minimum atomic E-state index is -0.492. The number of fused-ring (bicyclic) bond motifs is 2. The number of hydrogen-bond acceptors (Lipinski definition) is 14. The molecule has 0 aliphatic heterocycles. The number of aryl methyl sites for hydroxylation is 3. The van der Waals surface area contributed by atoms with Crippen LogP contribution in [-0.4, -0.2) is 104 Å². The SMILES string of the molecule is CC(C)(C)OC(=O)CCOCCOCCOCCOCCCc1cccc(C(=O)Nc2ccc(OC3CCC3)cc2-c2cc(C(=O)NC3CCCc4ccccc43)ccn2)c1.Nc1ccc(OC2CCC2)cc1-c1cc(C(=O)NC2CCCc3ccccc32)ccn1. The van der Waals surface area contributed by atoms with Gasteiger partial charge in [-0.2, -0.15) is 0 Å². The van der Waals surface area contributed by atoms with E-state index >= 15 is 0 Å². The summed E-state index contributed by atoms with van der Waals surface area (Å²) in [5.41, 5.74) is 17.3. The molecule has 3 amide bonds. The molecule has 5 aromatic carbocycles. The molecule has 0 saturated heterocycles. The zero-order valence-corrected chi connectivity index (χ0v) is 53.4. The number of rotatable bonds is 28. The number of anilines is 2. The lowest BCUT2D eigenvalue weighted by Crippen LogP contribution is -2.31. The van der Waals surface area contributed by atoms with E-state index in [-0.39, 0.29) is 48.3 Å². The van der Waals surface area contributed by atoms with Crippen LogP contribution in [0.25, 0.3) is 22.5 Å². The number of aromatic nitrogens is 2. The summed E-state index contributed by atoms with van der Waals surface area (Å²) in [6.45, 7) is 9.03. The number of benzene rings is 5. The van der Waals surface area contributed by atoms with E-state index in [0.29, 0.717) is 110 Å². The highest BCUT2D eigenvalue weighted by Crippen LogP contribution is 2.37. The van der Waals surface area contributed by atoms with E-state index in [0.717, 1.165) is 100 Å². The number of esters is 1. The van der Waals surface area contributed by atoms with Crippen molar-refractivity contribution in [2.75, 3.05) is 63.9 Å². The monoisotopic (exact) mass is 1250 g/mol. The van der Waals surface area contributed by atoms with Gasteiger partial charge in [-0.1, -0.05) is 60.7 Å². The van der Waals surface area contributed by atoms with E-state index in [1.165, 1.54) is 28.7 Å². The van der Waals surface area contributed by atoms with Gasteiger partial charge in [-0.15, -0.1) is 0 Å². The van der Waals surface area contributed by atoms with Gasteiger partial charge in [0.25, 0.3) is 17.7 Å². The van der Waals surface area contributed by atoms with E-state index in [1.54, 1.807) is 36.7 Å². The second-order valence-corrected chi connectivity index (χ2v) is 24.9. The van der Waals surface area contributed by atoms with Crippen molar-refractivity contribution in [1.82, 2.24) is 20.6 Å². The second-order valence-electron chi connectivity index (χ2n) is 24.9. The van der Waals surface area contributed by atoms with Gasteiger partial charge in [-0.25, -0.2) is 0 Å². The number of carbonyl (C=O) groups is 4. The van der Waals surface area contributed by atoms with Crippen LogP contribution in [0.1, 0.15) is 169 Å². The molecule has 7 aromatic rings. The highest BCUT2D eigenvalue weighted by molar-refractivity contribution is 6.06. The zero-order chi connectivity index (χ0) is 64.1. The summed E-state index contributed by atoms with van der Waals surface area (Å²) < 4.78 is 39.8. The Bertz CT molecular complexity index is 3600. The average molecular weight is 1250 g/mol. The molecule has 11 rings (SSSR count). The lowest BCUT2D eigenvalue weighted by Gasteiger charge is -2.27. The molecule has 4 aliphatic carbocycles. The molecule has 0 bridgehead atoms. The van der Waals surface area contributed by atoms with Crippen LogP contribution in [-0.2, 0) is 47.7 Å². The van der Waals surface area contributed by atoms with Gasteiger partial charge in [0.15, 0.2) is 0 Å². The van der Waals surface area contributed by atoms with Crippen LogP contribution >= 0.6 is 0 Å². The third-order valence-electron chi connectivity index (χ3n) is 16.8. The van der Waals surface area contributed by atoms with Crippen LogP contribution in [0.4, 0.5) is 11.4 Å². The summed E-state index contributed by atoms with van der Waals surface area (Å²) >= 11 is 0. The van der Waals surface area contributed by atoms with Crippen molar-refractivity contribution in [3.05, 3.63) is 190 Å². The summed E-state index contributed by atoms with van der Waals surface area (Å²) in [4.78, 5) is 61.2. The first-order chi connectivity index (χ1) is 44.8. The highest BCUT2D eigenvalue weighted by Gasteiger charge is 2.26. The predicted molar refractivity (Wildman–Crippen MR) is 356 cm³/mol. The van der Waals surface area contributed by atoms with Gasteiger partial charge in [0.2, 0.25) is 0 Å². The van der Waals surface area contributed by atoms with Crippen molar-refractivity contribution in [1.29, 1.82) is 0 Å². The smallest absolute Gasteiger partial charge is 0.308 e. The molecule has 2 aromatic heterocycles. The van der Waals surface area contributed by atoms with Crippen LogP contribution in [0, 0.1) is 0 Å². The standard InChI is InChI=1S/C49H61N3O9.C26H27N3O2/c1-49(2,3)61-46(53)22-25-57-27-29-59-31-30-58-28-26-56-24-9-11-35-10-6-14-37(32-35)47(54)52-44-20-19-40(60-39-15-8-16-39)34-42(44)45-33-38(21-23-50-45)48(55)51-43-18-7-13-36-12-4-5-17-41(36)43;27-23-12-11-20(31-19-7-4-8-19)16-22(23)25-15-18(13-14-28-25)26(30)29-24-10-3-6-17-5-1-2-9-21(17)24/h4-6,10,12,14,17,19-21,23,32-34,39,43H,7-9,11,13,15-16,18,22,24-31H2,1-3H3,(H,51,55)(H,52,54);1-2,5,9,11-16,19,24H,3-4,6-8,10,27H2,(H,29,30). The van der Waals surface area contributed by atoms with Gasteiger partial charge in [0, 0.05) is 52.5 Å². The van der Waals surface area contributed by atoms with E-state index in [4.69, 9.17) is 38.9 Å². The van der Waals surface area contributed by atoms with Crippen LogP contribution in [0.5, 0.6) is 11.5 Å².